The lowest BCUT2D eigenvalue weighted by molar-refractivity contribution is -0.140. The number of nitrogens with one attached hydrogen (secondary N) is 1. The maximum atomic E-state index is 13.6. The van der Waals surface area contributed by atoms with Gasteiger partial charge in [-0.2, -0.15) is 12.7 Å². The molecule has 0 radical (unpaired) electrons. The molecule has 2 aromatic carbocycles. The second-order valence-electron chi connectivity index (χ2n) is 9.42. The van der Waals surface area contributed by atoms with Crippen molar-refractivity contribution in [2.24, 2.45) is 0 Å². The topological polar surface area (TPSA) is 99.3 Å². The van der Waals surface area contributed by atoms with Crippen molar-refractivity contribution in [2.75, 3.05) is 32.1 Å². The monoisotopic (exact) mass is 504 g/mol. The predicted octanol–water partition coefficient (Wildman–Crippen LogP) is 2.64. The van der Waals surface area contributed by atoms with E-state index in [9.17, 15) is 18.0 Å². The number of benzene rings is 2. The fraction of sp³-hybridized carbons (Fsp3) is 0.440. The number of amides is 2. The summed E-state index contributed by atoms with van der Waals surface area (Å²) in [6, 6.07) is 14.7. The number of methoxy groups -OCH3 is 1. The number of anilines is 1. The molecular formula is C25H36N4O5S. The molecule has 1 N–H and O–H groups in total. The SMILES string of the molecule is COc1ccc(CN(C(=O)CN(c2ccccc2)S(=O)(=O)N(C)C)[C@H](C)C(=O)NC(C)(C)C)cc1. The Balaban J connectivity index is 2.43. The Kier molecular flexibility index (Phi) is 9.28. The third kappa shape index (κ3) is 7.69. The Hall–Kier alpha value is -3.11. The van der Waals surface area contributed by atoms with Crippen LogP contribution < -0.4 is 14.4 Å². The minimum Gasteiger partial charge on any atom is -0.497 e. The number of rotatable bonds is 10. The van der Waals surface area contributed by atoms with Crippen LogP contribution in [0.3, 0.4) is 0 Å². The summed E-state index contributed by atoms with van der Waals surface area (Å²) in [5, 5.41) is 2.90. The smallest absolute Gasteiger partial charge is 0.304 e. The highest BCUT2D eigenvalue weighted by molar-refractivity contribution is 7.90. The molecule has 0 aromatic heterocycles. The van der Waals surface area contributed by atoms with Crippen LogP contribution >= 0.6 is 0 Å². The van der Waals surface area contributed by atoms with Gasteiger partial charge in [0.25, 0.3) is 0 Å². The van der Waals surface area contributed by atoms with Crippen LogP contribution in [0.25, 0.3) is 0 Å². The first-order valence-electron chi connectivity index (χ1n) is 11.3. The highest BCUT2D eigenvalue weighted by Gasteiger charge is 2.33. The van der Waals surface area contributed by atoms with Gasteiger partial charge in [-0.25, -0.2) is 4.31 Å². The van der Waals surface area contributed by atoms with E-state index >= 15 is 0 Å². The molecule has 0 aliphatic heterocycles. The van der Waals surface area contributed by atoms with E-state index < -0.39 is 34.2 Å². The molecule has 192 valence electrons. The number of hydrogen-bond donors (Lipinski definition) is 1. The first-order valence-corrected chi connectivity index (χ1v) is 12.7. The van der Waals surface area contributed by atoms with Crippen LogP contribution in [0, 0.1) is 0 Å². The Morgan fingerprint density at radius 3 is 2.06 bits per heavy atom. The standard InChI is InChI=1S/C25H36N4O5S/c1-19(24(31)26-25(2,3)4)28(17-20-13-15-22(34-7)16-14-20)23(30)18-29(35(32,33)27(5)6)21-11-9-8-10-12-21/h8-16,19H,17-18H2,1-7H3,(H,26,31)/t19-/m1/s1. The fourth-order valence-electron chi connectivity index (χ4n) is 3.30. The van der Waals surface area contributed by atoms with Crippen LogP contribution in [0.2, 0.25) is 0 Å². The first-order chi connectivity index (χ1) is 16.3. The van der Waals surface area contributed by atoms with E-state index in [-0.39, 0.29) is 12.5 Å². The van der Waals surface area contributed by atoms with Crippen LogP contribution in [-0.2, 0) is 26.3 Å². The van der Waals surface area contributed by atoms with E-state index in [1.807, 2.05) is 20.8 Å². The lowest BCUT2D eigenvalue weighted by Gasteiger charge is -2.34. The highest BCUT2D eigenvalue weighted by Crippen LogP contribution is 2.21. The molecule has 35 heavy (non-hydrogen) atoms. The van der Waals surface area contributed by atoms with Crippen LogP contribution in [-0.4, -0.2) is 68.8 Å². The molecule has 0 unspecified atom stereocenters. The molecule has 0 bridgehead atoms. The third-order valence-electron chi connectivity index (χ3n) is 5.24. The van der Waals surface area contributed by atoms with E-state index in [4.69, 9.17) is 4.74 Å². The van der Waals surface area contributed by atoms with E-state index in [0.717, 1.165) is 14.2 Å². The number of ether oxygens (including phenoxy) is 1. The van der Waals surface area contributed by atoms with Gasteiger partial charge in [0.1, 0.15) is 18.3 Å². The van der Waals surface area contributed by atoms with Gasteiger partial charge in [0.2, 0.25) is 11.8 Å². The average molecular weight is 505 g/mol. The molecular weight excluding hydrogens is 468 g/mol. The van der Waals surface area contributed by atoms with Gasteiger partial charge in [-0.3, -0.25) is 9.59 Å². The summed E-state index contributed by atoms with van der Waals surface area (Å²) in [6.45, 7) is 6.85. The molecule has 9 nitrogen and oxygen atoms in total. The van der Waals surface area contributed by atoms with E-state index in [1.165, 1.54) is 19.0 Å². The number of para-hydroxylation sites is 1. The molecule has 0 aliphatic rings. The normalized spacial score (nSPS) is 12.7. The fourth-order valence-corrected chi connectivity index (χ4v) is 4.35. The highest BCUT2D eigenvalue weighted by atomic mass is 32.2. The van der Waals surface area contributed by atoms with Crippen LogP contribution in [0.1, 0.15) is 33.3 Å². The second-order valence-corrected chi connectivity index (χ2v) is 11.5. The van der Waals surface area contributed by atoms with Crippen molar-refractivity contribution < 1.29 is 22.7 Å². The van der Waals surface area contributed by atoms with Crippen molar-refractivity contribution in [2.45, 2.75) is 45.8 Å². The van der Waals surface area contributed by atoms with Crippen molar-refractivity contribution >= 4 is 27.7 Å². The molecule has 2 aromatic rings. The zero-order valence-electron chi connectivity index (χ0n) is 21.5. The van der Waals surface area contributed by atoms with Crippen LogP contribution in [0.15, 0.2) is 54.6 Å². The Labute approximate surface area is 208 Å². The Morgan fingerprint density at radius 2 is 1.57 bits per heavy atom. The Morgan fingerprint density at radius 1 is 1.00 bits per heavy atom. The average Bonchev–Trinajstić information content (AvgIpc) is 2.80. The molecule has 2 amide bonds. The van der Waals surface area contributed by atoms with Crippen molar-refractivity contribution in [3.05, 3.63) is 60.2 Å². The molecule has 0 heterocycles. The summed E-state index contributed by atoms with van der Waals surface area (Å²) in [6.07, 6.45) is 0. The number of hydrogen-bond acceptors (Lipinski definition) is 5. The minimum atomic E-state index is -3.98. The maximum absolute atomic E-state index is 13.6. The lowest BCUT2D eigenvalue weighted by Crippen LogP contribution is -2.54. The maximum Gasteiger partial charge on any atom is 0.304 e. The van der Waals surface area contributed by atoms with Crippen molar-refractivity contribution in [3.8, 4) is 5.75 Å². The minimum absolute atomic E-state index is 0.117. The van der Waals surface area contributed by atoms with Crippen LogP contribution in [0.5, 0.6) is 5.75 Å². The molecule has 0 saturated carbocycles. The van der Waals surface area contributed by atoms with Gasteiger partial charge in [0, 0.05) is 26.2 Å². The number of carbonyl (C=O) groups excluding carboxylic acids is 2. The molecule has 0 aliphatic carbocycles. The predicted molar refractivity (Wildman–Crippen MR) is 137 cm³/mol. The van der Waals surface area contributed by atoms with Gasteiger partial charge in [0.05, 0.1) is 12.8 Å². The molecule has 2 rings (SSSR count). The Bertz CT molecular complexity index is 1100. The largest absolute Gasteiger partial charge is 0.497 e. The van der Waals surface area contributed by atoms with Gasteiger partial charge >= 0.3 is 10.2 Å². The summed E-state index contributed by atoms with van der Waals surface area (Å²) < 4.78 is 33.5. The van der Waals surface area contributed by atoms with E-state index in [2.05, 4.69) is 5.32 Å². The summed E-state index contributed by atoms with van der Waals surface area (Å²) in [7, 11) is 0.401. The zero-order valence-corrected chi connectivity index (χ0v) is 22.3. The second kappa shape index (κ2) is 11.5. The van der Waals surface area contributed by atoms with Crippen molar-refractivity contribution in [1.82, 2.24) is 14.5 Å². The van der Waals surface area contributed by atoms with Gasteiger partial charge in [-0.1, -0.05) is 30.3 Å². The third-order valence-corrected chi connectivity index (χ3v) is 7.06. The molecule has 10 heteroatoms. The van der Waals surface area contributed by atoms with Gasteiger partial charge < -0.3 is 15.0 Å². The summed E-state index contributed by atoms with van der Waals surface area (Å²) in [4.78, 5) is 28.0. The summed E-state index contributed by atoms with van der Waals surface area (Å²) >= 11 is 0. The van der Waals surface area contributed by atoms with Crippen molar-refractivity contribution in [1.29, 1.82) is 0 Å². The molecule has 1 atom stereocenters. The zero-order chi connectivity index (χ0) is 26.4. The van der Waals surface area contributed by atoms with Gasteiger partial charge in [0.15, 0.2) is 0 Å². The molecule has 0 spiro atoms. The van der Waals surface area contributed by atoms with Crippen LogP contribution in [0.4, 0.5) is 5.69 Å². The summed E-state index contributed by atoms with van der Waals surface area (Å²) in [5.41, 5.74) is 0.631. The molecule has 0 fully saturated rings. The number of carbonyl (C=O) groups is 2. The van der Waals surface area contributed by atoms with Gasteiger partial charge in [-0.15, -0.1) is 0 Å². The molecule has 0 saturated heterocycles. The van der Waals surface area contributed by atoms with Gasteiger partial charge in [-0.05, 0) is 57.5 Å². The lowest BCUT2D eigenvalue weighted by atomic mass is 10.1. The summed E-state index contributed by atoms with van der Waals surface area (Å²) in [5.74, 6) is -0.176. The van der Waals surface area contributed by atoms with Crippen molar-refractivity contribution in [3.63, 3.8) is 0 Å². The van der Waals surface area contributed by atoms with E-state index in [0.29, 0.717) is 11.4 Å². The number of nitrogens with zero attached hydrogens (tertiary/aromatic N) is 3. The van der Waals surface area contributed by atoms with E-state index in [1.54, 1.807) is 68.6 Å². The first kappa shape index (κ1) is 28.1. The quantitative estimate of drug-likeness (QED) is 0.536.